The Bertz CT molecular complexity index is 1390. The molecule has 0 spiro atoms. The van der Waals surface area contributed by atoms with Gasteiger partial charge >= 0.3 is 6.36 Å². The van der Waals surface area contributed by atoms with Gasteiger partial charge in [0.25, 0.3) is 0 Å². The molecule has 3 rings (SSSR count). The first kappa shape index (κ1) is 27.3. The van der Waals surface area contributed by atoms with E-state index in [1.165, 1.54) is 42.5 Å². The highest BCUT2D eigenvalue weighted by molar-refractivity contribution is 7.91. The van der Waals surface area contributed by atoms with E-state index in [0.29, 0.717) is 16.7 Å². The number of alkyl halides is 3. The van der Waals surface area contributed by atoms with Crippen LogP contribution >= 0.6 is 0 Å². The van der Waals surface area contributed by atoms with Crippen LogP contribution in [0, 0.1) is 12.3 Å². The summed E-state index contributed by atoms with van der Waals surface area (Å²) in [5.74, 6) is -0.660. The lowest BCUT2D eigenvalue weighted by atomic mass is 9.97. The minimum Gasteiger partial charge on any atom is -0.405 e. The number of hydrogen-bond acceptors (Lipinski definition) is 5. The number of nitrogen functional groups attached to an aromatic ring is 1. The molecule has 192 valence electrons. The van der Waals surface area contributed by atoms with E-state index in [4.69, 9.17) is 5.73 Å². The van der Waals surface area contributed by atoms with Gasteiger partial charge in [-0.3, -0.25) is 4.79 Å². The molecule has 3 aromatic rings. The smallest absolute Gasteiger partial charge is 0.405 e. The van der Waals surface area contributed by atoms with Gasteiger partial charge < -0.3 is 10.5 Å². The first-order chi connectivity index (χ1) is 16.6. The van der Waals surface area contributed by atoms with Gasteiger partial charge in [-0.2, -0.15) is 0 Å². The predicted molar refractivity (Wildman–Crippen MR) is 134 cm³/mol. The van der Waals surface area contributed by atoms with Crippen molar-refractivity contribution < 1.29 is 31.1 Å². The highest BCUT2D eigenvalue weighted by atomic mass is 32.2. The maximum Gasteiger partial charge on any atom is 0.573 e. The molecule has 0 atom stereocenters. The lowest BCUT2D eigenvalue weighted by molar-refractivity contribution is -0.274. The van der Waals surface area contributed by atoms with E-state index >= 15 is 0 Å². The van der Waals surface area contributed by atoms with E-state index in [9.17, 15) is 26.4 Å². The molecule has 0 amide bonds. The largest absolute Gasteiger partial charge is 0.573 e. The molecule has 9 heteroatoms. The fourth-order valence-electron chi connectivity index (χ4n) is 3.99. The number of ketones is 1. The van der Waals surface area contributed by atoms with Crippen LogP contribution in [-0.2, 0) is 16.3 Å². The lowest BCUT2D eigenvalue weighted by Crippen LogP contribution is -2.21. The Morgan fingerprint density at radius 2 is 1.61 bits per heavy atom. The van der Waals surface area contributed by atoms with Crippen LogP contribution in [0.4, 0.5) is 18.9 Å². The van der Waals surface area contributed by atoms with Crippen LogP contribution < -0.4 is 10.5 Å². The van der Waals surface area contributed by atoms with Crippen LogP contribution in [0.2, 0.25) is 0 Å². The summed E-state index contributed by atoms with van der Waals surface area (Å²) in [6.07, 6.45) is -4.85. The summed E-state index contributed by atoms with van der Waals surface area (Å²) in [4.78, 5) is 13.1. The van der Waals surface area contributed by atoms with Gasteiger partial charge in [-0.25, -0.2) is 8.42 Å². The second-order valence-corrected chi connectivity index (χ2v) is 11.8. The molecule has 0 saturated carbocycles. The van der Waals surface area contributed by atoms with Gasteiger partial charge in [0.15, 0.2) is 15.6 Å². The van der Waals surface area contributed by atoms with Crippen LogP contribution in [0.5, 0.6) is 5.75 Å². The van der Waals surface area contributed by atoms with E-state index in [-0.39, 0.29) is 39.7 Å². The number of anilines is 1. The number of Topliss-reactive ketones (excluding diaryl/α,β-unsaturated/α-hetero) is 1. The summed E-state index contributed by atoms with van der Waals surface area (Å²) < 4.78 is 67.9. The summed E-state index contributed by atoms with van der Waals surface area (Å²) in [6, 6.07) is 14.8. The van der Waals surface area contributed by atoms with Gasteiger partial charge in [0.1, 0.15) is 5.75 Å². The van der Waals surface area contributed by atoms with Crippen LogP contribution in [-0.4, -0.2) is 26.3 Å². The third kappa shape index (κ3) is 6.87. The van der Waals surface area contributed by atoms with Crippen LogP contribution in [0.3, 0.4) is 0 Å². The zero-order valence-corrected chi connectivity index (χ0v) is 21.3. The number of benzene rings is 3. The van der Waals surface area contributed by atoms with Gasteiger partial charge in [0.05, 0.1) is 10.6 Å². The molecule has 2 N–H and O–H groups in total. The highest BCUT2D eigenvalue weighted by Gasteiger charge is 2.32. The minimum atomic E-state index is -4.86. The van der Waals surface area contributed by atoms with Crippen molar-refractivity contribution in [3.63, 3.8) is 0 Å². The van der Waals surface area contributed by atoms with Gasteiger partial charge in [0.2, 0.25) is 0 Å². The second-order valence-electron chi connectivity index (χ2n) is 9.87. The number of carbonyl (C=O) groups is 1. The molecular formula is C27H28F3NO4S. The molecule has 0 saturated heterocycles. The van der Waals surface area contributed by atoms with E-state index in [1.54, 1.807) is 25.1 Å². The van der Waals surface area contributed by atoms with Crippen molar-refractivity contribution in [3.8, 4) is 16.9 Å². The molecule has 0 fully saturated rings. The van der Waals surface area contributed by atoms with Crippen LogP contribution in [0.15, 0.2) is 65.6 Å². The summed E-state index contributed by atoms with van der Waals surface area (Å²) in [6.45, 7) is 7.25. The zero-order valence-electron chi connectivity index (χ0n) is 20.4. The van der Waals surface area contributed by atoms with Gasteiger partial charge in [-0.05, 0) is 41.7 Å². The summed E-state index contributed by atoms with van der Waals surface area (Å²) in [5, 5.41) is 0. The average molecular weight is 520 g/mol. The third-order valence-corrected chi connectivity index (χ3v) is 7.71. The molecule has 0 bridgehead atoms. The Labute approximate surface area is 209 Å². The first-order valence-electron chi connectivity index (χ1n) is 11.2. The maximum absolute atomic E-state index is 12.9. The molecule has 0 radical (unpaired) electrons. The third-order valence-electron chi connectivity index (χ3n) is 5.34. The maximum atomic E-state index is 12.9. The van der Waals surface area contributed by atoms with Crippen molar-refractivity contribution in [1.29, 1.82) is 0 Å². The number of hydrogen-bond donors (Lipinski definition) is 1. The highest BCUT2D eigenvalue weighted by Crippen LogP contribution is 2.37. The van der Waals surface area contributed by atoms with Gasteiger partial charge in [-0.1, -0.05) is 63.2 Å². The van der Waals surface area contributed by atoms with E-state index in [2.05, 4.69) is 4.74 Å². The fourth-order valence-corrected chi connectivity index (χ4v) is 6.11. The fraction of sp³-hybridized carbons (Fsp3) is 0.296. The molecule has 0 heterocycles. The van der Waals surface area contributed by atoms with Crippen molar-refractivity contribution >= 4 is 21.3 Å². The number of aryl methyl sites for hydroxylation is 1. The van der Waals surface area contributed by atoms with Crippen molar-refractivity contribution in [2.24, 2.45) is 5.41 Å². The minimum absolute atomic E-state index is 0.00187. The van der Waals surface area contributed by atoms with Crippen LogP contribution in [0.25, 0.3) is 11.1 Å². The van der Waals surface area contributed by atoms with Gasteiger partial charge in [0, 0.05) is 28.8 Å². The SMILES string of the molecule is Cc1cc(CC(=O)c2ccc(-c3ccccc3OC(F)(F)F)c(N)c2)ccc1S(=O)(=O)CC(C)(C)C. The van der Waals surface area contributed by atoms with Crippen molar-refractivity contribution in [2.45, 2.75) is 45.4 Å². The topological polar surface area (TPSA) is 86.5 Å². The second kappa shape index (κ2) is 9.97. The van der Waals surface area contributed by atoms with Crippen LogP contribution in [0.1, 0.15) is 42.3 Å². The molecule has 0 aliphatic rings. The first-order valence-corrected chi connectivity index (χ1v) is 12.8. The Kier molecular flexibility index (Phi) is 7.55. The van der Waals surface area contributed by atoms with Crippen molar-refractivity contribution in [3.05, 3.63) is 77.4 Å². The molecule has 0 aliphatic carbocycles. The van der Waals surface area contributed by atoms with E-state index in [0.717, 1.165) is 0 Å². The number of nitrogens with two attached hydrogens (primary N) is 1. The molecule has 3 aromatic carbocycles. The zero-order chi connectivity index (χ0) is 26.9. The Balaban J connectivity index is 1.83. The normalized spacial score (nSPS) is 12.4. The molecule has 0 unspecified atom stereocenters. The van der Waals surface area contributed by atoms with Crippen molar-refractivity contribution in [1.82, 2.24) is 0 Å². The number of sulfone groups is 1. The summed E-state index contributed by atoms with van der Waals surface area (Å²) in [7, 11) is -3.48. The monoisotopic (exact) mass is 519 g/mol. The standard InChI is InChI=1S/C27H28F3NO4S/c1-17-13-18(9-12-25(17)36(33,34)16-26(2,3)4)14-23(32)19-10-11-20(22(31)15-19)21-7-5-6-8-24(21)35-27(28,29)30/h5-13,15H,14,16,31H2,1-4H3. The molecule has 5 nitrogen and oxygen atoms in total. The van der Waals surface area contributed by atoms with Gasteiger partial charge in [-0.15, -0.1) is 13.2 Å². The number of rotatable bonds is 7. The average Bonchev–Trinajstić information content (AvgIpc) is 2.71. The summed E-state index contributed by atoms with van der Waals surface area (Å²) >= 11 is 0. The molecular weight excluding hydrogens is 491 g/mol. The quantitative estimate of drug-likeness (QED) is 0.289. The number of carbonyl (C=O) groups excluding carboxylic acids is 1. The summed E-state index contributed by atoms with van der Waals surface area (Å²) in [5.41, 5.74) is 7.76. The number of halogens is 3. The Hall–Kier alpha value is -3.33. The Morgan fingerprint density at radius 3 is 2.19 bits per heavy atom. The molecule has 36 heavy (non-hydrogen) atoms. The molecule has 0 aliphatic heterocycles. The number of ether oxygens (including phenoxy) is 1. The van der Waals surface area contributed by atoms with E-state index in [1.807, 2.05) is 20.8 Å². The molecule has 0 aromatic heterocycles. The lowest BCUT2D eigenvalue weighted by Gasteiger charge is -2.19. The predicted octanol–water partition coefficient (Wildman–Crippen LogP) is 6.39. The van der Waals surface area contributed by atoms with Crippen molar-refractivity contribution in [2.75, 3.05) is 11.5 Å². The van der Waals surface area contributed by atoms with E-state index < -0.39 is 27.4 Å². The Morgan fingerprint density at radius 1 is 0.944 bits per heavy atom. The number of para-hydroxylation sites is 1.